The molecule has 0 unspecified atom stereocenters. The smallest absolute Gasteiger partial charge is 0.339 e. The van der Waals surface area contributed by atoms with Crippen molar-refractivity contribution in [3.05, 3.63) is 53.1 Å². The number of nitrogens with one attached hydrogen (secondary N) is 2. The predicted molar refractivity (Wildman–Crippen MR) is 162 cm³/mol. The molecule has 0 bridgehead atoms. The summed E-state index contributed by atoms with van der Waals surface area (Å²) in [6.45, 7) is 4.89. The van der Waals surface area contributed by atoms with Crippen LogP contribution in [0.3, 0.4) is 0 Å². The van der Waals surface area contributed by atoms with Crippen LogP contribution in [0.2, 0.25) is 0 Å². The summed E-state index contributed by atoms with van der Waals surface area (Å²) in [5, 5.41) is 15.0. The van der Waals surface area contributed by atoms with Crippen molar-refractivity contribution in [3.8, 4) is 0 Å². The highest BCUT2D eigenvalue weighted by atomic mass is 16.7. The van der Waals surface area contributed by atoms with Crippen LogP contribution in [-0.4, -0.2) is 104 Å². The van der Waals surface area contributed by atoms with Crippen LogP contribution in [0.15, 0.2) is 42.0 Å². The lowest BCUT2D eigenvalue weighted by Gasteiger charge is -2.30. The van der Waals surface area contributed by atoms with Gasteiger partial charge < -0.3 is 39.6 Å². The number of likely N-dealkylation sites (N-methyl/N-ethyl adjacent to an activating group) is 1. The number of nitrogens with zero attached hydrogens (tertiary/aromatic N) is 1. The Kier molecular flexibility index (Phi) is 12.8. The number of rotatable bonds is 13. The third kappa shape index (κ3) is 11.1. The number of hydrogen-bond donors (Lipinski definition) is 3. The van der Waals surface area contributed by atoms with Crippen LogP contribution in [0.4, 0.5) is 0 Å². The van der Waals surface area contributed by atoms with Gasteiger partial charge in [0.2, 0.25) is 17.7 Å². The van der Waals surface area contributed by atoms with Crippen LogP contribution in [0.5, 0.6) is 0 Å². The van der Waals surface area contributed by atoms with Gasteiger partial charge in [-0.2, -0.15) is 0 Å². The lowest BCUT2D eigenvalue weighted by molar-refractivity contribution is -0.155. The third-order valence-electron chi connectivity index (χ3n) is 6.91. The average molecular weight is 630 g/mol. The van der Waals surface area contributed by atoms with Crippen LogP contribution in [0.1, 0.15) is 62.4 Å². The molecule has 1 heterocycles. The molecule has 0 spiro atoms. The lowest BCUT2D eigenvalue weighted by Crippen LogP contribution is -2.44. The van der Waals surface area contributed by atoms with Gasteiger partial charge in [-0.15, -0.1) is 0 Å². The van der Waals surface area contributed by atoms with Crippen LogP contribution in [0.25, 0.3) is 6.08 Å². The molecule has 2 aliphatic rings. The molecule has 0 aromatic heterocycles. The molecule has 13 heteroatoms. The number of amides is 3. The van der Waals surface area contributed by atoms with E-state index in [1.54, 1.807) is 65.2 Å². The van der Waals surface area contributed by atoms with E-state index in [-0.39, 0.29) is 57.1 Å². The molecule has 45 heavy (non-hydrogen) atoms. The summed E-state index contributed by atoms with van der Waals surface area (Å²) in [7, 11) is 3.24. The van der Waals surface area contributed by atoms with Gasteiger partial charge in [0.1, 0.15) is 30.7 Å². The van der Waals surface area contributed by atoms with Crippen LogP contribution >= 0.6 is 0 Å². The number of ether oxygens (including phenoxy) is 4. The molecule has 1 aliphatic carbocycles. The Morgan fingerprint density at radius 3 is 2.53 bits per heavy atom. The van der Waals surface area contributed by atoms with E-state index in [0.717, 1.165) is 0 Å². The quantitative estimate of drug-likeness (QED) is 0.215. The van der Waals surface area contributed by atoms with Gasteiger partial charge in [0.25, 0.3) is 0 Å². The van der Waals surface area contributed by atoms with Gasteiger partial charge in [-0.3, -0.25) is 19.2 Å². The van der Waals surface area contributed by atoms with E-state index in [4.69, 9.17) is 18.9 Å². The number of carbonyl (C=O) groups excluding carboxylic acids is 5. The van der Waals surface area contributed by atoms with Crippen molar-refractivity contribution in [2.24, 2.45) is 0 Å². The van der Waals surface area contributed by atoms with E-state index in [1.807, 2.05) is 0 Å². The topological polar surface area (TPSA) is 170 Å². The minimum absolute atomic E-state index is 0.00745. The number of aliphatic hydroxyl groups is 1. The summed E-state index contributed by atoms with van der Waals surface area (Å²) in [4.78, 5) is 64.0. The van der Waals surface area contributed by atoms with Crippen molar-refractivity contribution in [2.75, 3.05) is 34.0 Å². The van der Waals surface area contributed by atoms with E-state index in [0.29, 0.717) is 11.1 Å². The number of benzene rings is 1. The van der Waals surface area contributed by atoms with Gasteiger partial charge in [0, 0.05) is 51.6 Å². The third-order valence-corrected chi connectivity index (χ3v) is 6.91. The summed E-state index contributed by atoms with van der Waals surface area (Å²) in [6.07, 6.45) is 2.72. The molecule has 0 saturated carbocycles. The van der Waals surface area contributed by atoms with E-state index in [2.05, 4.69) is 10.6 Å². The van der Waals surface area contributed by atoms with E-state index in [1.165, 1.54) is 17.1 Å². The Bertz CT molecular complexity index is 1300. The van der Waals surface area contributed by atoms with Gasteiger partial charge in [-0.05, 0) is 51.0 Å². The van der Waals surface area contributed by atoms with Crippen molar-refractivity contribution >= 4 is 35.7 Å². The average Bonchev–Trinajstić information content (AvgIpc) is 3.46. The maximum Gasteiger partial charge on any atom is 0.339 e. The fourth-order valence-corrected chi connectivity index (χ4v) is 4.66. The summed E-state index contributed by atoms with van der Waals surface area (Å²) in [5.74, 6) is -2.17. The summed E-state index contributed by atoms with van der Waals surface area (Å²) >= 11 is 0. The second kappa shape index (κ2) is 16.3. The molecule has 0 radical (unpaired) electrons. The fourth-order valence-electron chi connectivity index (χ4n) is 4.66. The SMILES string of the molecule is CN(C)C(=O)C=Cc1ccccc1C(=O)O[C@@H]1CC(C(=O)NCCC(=O)N[C@H](CO)CCC(=O)OC(C)(C)C)=C[C@H]2OCO[C@H]21. The van der Waals surface area contributed by atoms with Crippen LogP contribution in [0, 0.1) is 0 Å². The minimum Gasteiger partial charge on any atom is -0.460 e. The number of carbonyl (C=O) groups is 5. The van der Waals surface area contributed by atoms with Gasteiger partial charge in [0.05, 0.1) is 18.2 Å². The largest absolute Gasteiger partial charge is 0.460 e. The zero-order valence-corrected chi connectivity index (χ0v) is 26.4. The molecule has 1 saturated heterocycles. The normalized spacial score (nSPS) is 20.0. The first-order valence-electron chi connectivity index (χ1n) is 14.8. The van der Waals surface area contributed by atoms with Crippen molar-refractivity contribution in [2.45, 2.75) is 76.4 Å². The lowest BCUT2D eigenvalue weighted by atomic mass is 9.91. The number of aliphatic hydroxyl groups excluding tert-OH is 1. The number of hydrogen-bond acceptors (Lipinski definition) is 10. The van der Waals surface area contributed by atoms with E-state index in [9.17, 15) is 29.1 Å². The Balaban J connectivity index is 1.54. The molecule has 13 nitrogen and oxygen atoms in total. The Labute approximate surface area is 262 Å². The van der Waals surface area contributed by atoms with Crippen LogP contribution < -0.4 is 10.6 Å². The fraction of sp³-hybridized carbons (Fsp3) is 0.531. The molecule has 1 aromatic carbocycles. The first-order valence-corrected chi connectivity index (χ1v) is 14.8. The molecule has 1 fully saturated rings. The first-order chi connectivity index (χ1) is 21.3. The van der Waals surface area contributed by atoms with Crippen molar-refractivity contribution in [1.29, 1.82) is 0 Å². The maximum atomic E-state index is 13.2. The molecular weight excluding hydrogens is 586 g/mol. The Hall–Kier alpha value is -4.07. The monoisotopic (exact) mass is 629 g/mol. The zero-order chi connectivity index (χ0) is 33.1. The highest BCUT2D eigenvalue weighted by Crippen LogP contribution is 2.31. The molecular formula is C32H43N3O10. The molecule has 3 N–H and O–H groups in total. The van der Waals surface area contributed by atoms with Crippen molar-refractivity contribution < 1.29 is 48.0 Å². The second-order valence-corrected chi connectivity index (χ2v) is 12.0. The highest BCUT2D eigenvalue weighted by Gasteiger charge is 2.42. The molecule has 3 amide bonds. The van der Waals surface area contributed by atoms with E-state index < -0.39 is 53.7 Å². The zero-order valence-electron chi connectivity index (χ0n) is 26.4. The molecule has 4 atom stereocenters. The van der Waals surface area contributed by atoms with E-state index >= 15 is 0 Å². The molecule has 246 valence electrons. The molecule has 1 aromatic rings. The summed E-state index contributed by atoms with van der Waals surface area (Å²) in [6, 6.07) is 6.05. The maximum absolute atomic E-state index is 13.2. The van der Waals surface area contributed by atoms with Gasteiger partial charge in [-0.1, -0.05) is 18.2 Å². The standard InChI is InChI=1S/C32H43N3O10/c1-32(2,3)45-28(39)13-11-22(18-36)34-26(37)14-15-33-30(40)21-16-24-29(43-19-42-24)25(17-21)44-31(41)23-9-7-6-8-20(23)10-12-27(38)35(4)5/h6-10,12,16,22,24-25,29,36H,11,13-15,17-19H2,1-5H3,(H,33,40)(H,34,37)/t22-,24+,25+,29+/m0/s1. The van der Waals surface area contributed by atoms with Crippen LogP contribution in [-0.2, 0) is 38.1 Å². The second-order valence-electron chi connectivity index (χ2n) is 12.0. The van der Waals surface area contributed by atoms with Crippen molar-refractivity contribution in [1.82, 2.24) is 15.5 Å². The highest BCUT2D eigenvalue weighted by molar-refractivity contribution is 5.97. The van der Waals surface area contributed by atoms with Gasteiger partial charge in [-0.25, -0.2) is 4.79 Å². The van der Waals surface area contributed by atoms with Crippen molar-refractivity contribution in [3.63, 3.8) is 0 Å². The first kappa shape index (κ1) is 35.4. The van der Waals surface area contributed by atoms with Gasteiger partial charge >= 0.3 is 11.9 Å². The Morgan fingerprint density at radius 1 is 1.11 bits per heavy atom. The minimum atomic E-state index is -0.824. The number of fused-ring (bicyclic) bond motifs is 1. The number of esters is 2. The summed E-state index contributed by atoms with van der Waals surface area (Å²) < 4.78 is 22.3. The molecule has 3 rings (SSSR count). The van der Waals surface area contributed by atoms with Gasteiger partial charge in [0.15, 0.2) is 0 Å². The summed E-state index contributed by atoms with van der Waals surface area (Å²) in [5.41, 5.74) is 0.427. The molecule has 1 aliphatic heterocycles. The Morgan fingerprint density at radius 2 is 1.84 bits per heavy atom. The predicted octanol–water partition coefficient (Wildman–Crippen LogP) is 1.49.